The highest BCUT2D eigenvalue weighted by molar-refractivity contribution is 5.84. The number of alkyl carbamates (subject to hydrolysis) is 1. The molecule has 7 nitrogen and oxygen atoms in total. The van der Waals surface area contributed by atoms with Gasteiger partial charge in [0, 0.05) is 18.4 Å². The van der Waals surface area contributed by atoms with Crippen LogP contribution in [0.2, 0.25) is 0 Å². The monoisotopic (exact) mass is 394 g/mol. The average molecular weight is 394 g/mol. The largest absolute Gasteiger partial charge is 0.480 e. The predicted molar refractivity (Wildman–Crippen MR) is 105 cm³/mol. The normalized spacial score (nSPS) is 18.5. The fourth-order valence-corrected chi connectivity index (χ4v) is 4.16. The van der Waals surface area contributed by atoms with Crippen LogP contribution < -0.4 is 10.6 Å². The molecule has 2 aromatic rings. The Hall–Kier alpha value is -3.35. The van der Waals surface area contributed by atoms with Gasteiger partial charge >= 0.3 is 12.1 Å². The summed E-state index contributed by atoms with van der Waals surface area (Å²) in [5.74, 6) is -1.87. The summed E-state index contributed by atoms with van der Waals surface area (Å²) in [6.45, 7) is 0.636. The maximum Gasteiger partial charge on any atom is 0.407 e. The molecule has 1 aliphatic carbocycles. The van der Waals surface area contributed by atoms with Crippen LogP contribution in [0.3, 0.4) is 0 Å². The van der Waals surface area contributed by atoms with Crippen molar-refractivity contribution in [3.63, 3.8) is 0 Å². The minimum Gasteiger partial charge on any atom is -0.480 e. The highest BCUT2D eigenvalue weighted by atomic mass is 16.5. The molecule has 0 saturated carbocycles. The second kappa shape index (κ2) is 7.95. The molecule has 0 bridgehead atoms. The van der Waals surface area contributed by atoms with Gasteiger partial charge in [0.1, 0.15) is 12.6 Å². The van der Waals surface area contributed by atoms with Crippen LogP contribution in [-0.4, -0.2) is 42.3 Å². The molecule has 29 heavy (non-hydrogen) atoms. The number of hydrogen-bond acceptors (Lipinski definition) is 4. The summed E-state index contributed by atoms with van der Waals surface area (Å²) in [5.41, 5.74) is 4.40. The number of amides is 2. The standard InChI is InChI=1S/C22H22N2O5/c25-20-13(9-10-23-20)11-19(21(26)27)24-22(28)29-12-18-16-7-3-1-5-14(16)15-6-2-4-8-17(15)18/h1-8,13,18-19H,9-12H2,(H,23,25)(H,24,28)(H,26,27)/t13?,19-/m1/s1. The van der Waals surface area contributed by atoms with Gasteiger partial charge in [-0.2, -0.15) is 0 Å². The third kappa shape index (κ3) is 3.81. The summed E-state index contributed by atoms with van der Waals surface area (Å²) >= 11 is 0. The fraction of sp³-hybridized carbons (Fsp3) is 0.318. The first kappa shape index (κ1) is 19.0. The number of carbonyl (C=O) groups is 3. The van der Waals surface area contributed by atoms with Crippen LogP contribution in [-0.2, 0) is 14.3 Å². The highest BCUT2D eigenvalue weighted by Gasteiger charge is 2.32. The summed E-state index contributed by atoms with van der Waals surface area (Å²) in [6.07, 6.45) is -0.182. The van der Waals surface area contributed by atoms with Crippen molar-refractivity contribution in [1.82, 2.24) is 10.6 Å². The first-order chi connectivity index (χ1) is 14.0. The van der Waals surface area contributed by atoms with Crippen LogP contribution in [0, 0.1) is 5.92 Å². The van der Waals surface area contributed by atoms with Crippen molar-refractivity contribution < 1.29 is 24.2 Å². The van der Waals surface area contributed by atoms with E-state index in [1.165, 1.54) is 0 Å². The summed E-state index contributed by atoms with van der Waals surface area (Å²) in [4.78, 5) is 35.5. The first-order valence-corrected chi connectivity index (χ1v) is 9.66. The van der Waals surface area contributed by atoms with Gasteiger partial charge in [0.05, 0.1) is 0 Å². The van der Waals surface area contributed by atoms with Crippen LogP contribution >= 0.6 is 0 Å². The Morgan fingerprint density at radius 1 is 1.10 bits per heavy atom. The lowest BCUT2D eigenvalue weighted by Crippen LogP contribution is -2.43. The van der Waals surface area contributed by atoms with Crippen molar-refractivity contribution >= 4 is 18.0 Å². The van der Waals surface area contributed by atoms with E-state index in [0.29, 0.717) is 13.0 Å². The summed E-state index contributed by atoms with van der Waals surface area (Å²) in [7, 11) is 0. The fourth-order valence-electron chi connectivity index (χ4n) is 4.16. The molecule has 2 aliphatic rings. The number of aliphatic carboxylic acids is 1. The highest BCUT2D eigenvalue weighted by Crippen LogP contribution is 2.44. The summed E-state index contributed by atoms with van der Waals surface area (Å²) in [5, 5.41) is 14.5. The van der Waals surface area contributed by atoms with Gasteiger partial charge in [-0.05, 0) is 35.1 Å². The van der Waals surface area contributed by atoms with E-state index in [1.807, 2.05) is 48.5 Å². The van der Waals surface area contributed by atoms with Gasteiger partial charge in [0.2, 0.25) is 5.91 Å². The van der Waals surface area contributed by atoms with Gasteiger partial charge in [-0.15, -0.1) is 0 Å². The Kier molecular flexibility index (Phi) is 5.20. The number of benzene rings is 2. The van der Waals surface area contributed by atoms with E-state index >= 15 is 0 Å². The number of ether oxygens (including phenoxy) is 1. The molecule has 1 saturated heterocycles. The van der Waals surface area contributed by atoms with Crippen molar-refractivity contribution in [1.29, 1.82) is 0 Å². The van der Waals surface area contributed by atoms with E-state index in [2.05, 4.69) is 10.6 Å². The van der Waals surface area contributed by atoms with Gasteiger partial charge in [0.15, 0.2) is 0 Å². The Labute approximate surface area is 168 Å². The van der Waals surface area contributed by atoms with Crippen LogP contribution in [0.25, 0.3) is 11.1 Å². The van der Waals surface area contributed by atoms with Crippen LogP contribution in [0.15, 0.2) is 48.5 Å². The zero-order valence-electron chi connectivity index (χ0n) is 15.8. The second-order valence-electron chi connectivity index (χ2n) is 7.37. The number of rotatable bonds is 6. The van der Waals surface area contributed by atoms with Crippen LogP contribution in [0.1, 0.15) is 29.9 Å². The van der Waals surface area contributed by atoms with E-state index in [1.54, 1.807) is 0 Å². The van der Waals surface area contributed by atoms with Gasteiger partial charge in [-0.1, -0.05) is 48.5 Å². The predicted octanol–water partition coefficient (Wildman–Crippen LogP) is 2.50. The third-order valence-electron chi connectivity index (χ3n) is 5.62. The van der Waals surface area contributed by atoms with E-state index in [9.17, 15) is 19.5 Å². The van der Waals surface area contributed by atoms with Crippen LogP contribution in [0.5, 0.6) is 0 Å². The Balaban J connectivity index is 1.41. The molecule has 3 N–H and O–H groups in total. The Morgan fingerprint density at radius 2 is 1.72 bits per heavy atom. The molecule has 1 fully saturated rings. The maximum atomic E-state index is 12.3. The first-order valence-electron chi connectivity index (χ1n) is 9.66. The van der Waals surface area contributed by atoms with Gasteiger partial charge in [-0.25, -0.2) is 9.59 Å². The minimum atomic E-state index is -1.18. The third-order valence-corrected chi connectivity index (χ3v) is 5.62. The van der Waals surface area contributed by atoms with E-state index in [-0.39, 0.29) is 24.9 Å². The number of hydrogen-bond donors (Lipinski definition) is 3. The molecule has 0 radical (unpaired) electrons. The van der Waals surface area contributed by atoms with Crippen molar-refractivity contribution in [2.75, 3.05) is 13.2 Å². The van der Waals surface area contributed by atoms with Crippen molar-refractivity contribution in [2.45, 2.75) is 24.8 Å². The van der Waals surface area contributed by atoms with Crippen molar-refractivity contribution in [3.8, 4) is 11.1 Å². The molecule has 0 spiro atoms. The molecule has 4 rings (SSSR count). The summed E-state index contributed by atoms with van der Waals surface area (Å²) in [6, 6.07) is 14.8. The molecule has 2 aromatic carbocycles. The maximum absolute atomic E-state index is 12.3. The second-order valence-corrected chi connectivity index (χ2v) is 7.37. The SMILES string of the molecule is O=C(N[C@H](CC1CCNC1=O)C(=O)O)OCC1c2ccccc2-c2ccccc21. The van der Waals surface area contributed by atoms with Gasteiger partial charge in [-0.3, -0.25) is 4.79 Å². The van der Waals surface area contributed by atoms with E-state index in [4.69, 9.17) is 4.74 Å². The molecule has 7 heteroatoms. The molecule has 1 unspecified atom stereocenters. The number of carbonyl (C=O) groups excluding carboxylic acids is 2. The van der Waals surface area contributed by atoms with Crippen LogP contribution in [0.4, 0.5) is 4.79 Å². The molecular weight excluding hydrogens is 372 g/mol. The van der Waals surface area contributed by atoms with E-state index < -0.39 is 24.0 Å². The molecule has 150 valence electrons. The molecular formula is C22H22N2O5. The number of carboxylic acid groups (broad SMARTS) is 1. The Morgan fingerprint density at radius 3 is 2.28 bits per heavy atom. The quantitative estimate of drug-likeness (QED) is 0.698. The molecule has 0 aromatic heterocycles. The van der Waals surface area contributed by atoms with Gasteiger partial charge in [0.25, 0.3) is 0 Å². The van der Waals surface area contributed by atoms with Crippen molar-refractivity contribution in [3.05, 3.63) is 59.7 Å². The number of nitrogens with one attached hydrogen (secondary N) is 2. The minimum absolute atomic E-state index is 0.0470. The lowest BCUT2D eigenvalue weighted by Gasteiger charge is -2.18. The smallest absolute Gasteiger partial charge is 0.407 e. The van der Waals surface area contributed by atoms with Gasteiger partial charge < -0.3 is 20.5 Å². The molecule has 1 heterocycles. The lowest BCUT2D eigenvalue weighted by atomic mass is 9.98. The molecule has 2 atom stereocenters. The molecule has 2 amide bonds. The average Bonchev–Trinajstić information content (AvgIpc) is 3.27. The van der Waals surface area contributed by atoms with Crippen molar-refractivity contribution in [2.24, 2.45) is 5.92 Å². The lowest BCUT2D eigenvalue weighted by molar-refractivity contribution is -0.140. The zero-order valence-corrected chi connectivity index (χ0v) is 15.8. The number of carboxylic acids is 1. The van der Waals surface area contributed by atoms with E-state index in [0.717, 1.165) is 22.3 Å². The Bertz CT molecular complexity index is 912. The zero-order chi connectivity index (χ0) is 20.4. The molecule has 1 aliphatic heterocycles. The summed E-state index contributed by atoms with van der Waals surface area (Å²) < 4.78 is 5.40. The number of fused-ring (bicyclic) bond motifs is 3. The topological polar surface area (TPSA) is 105 Å².